The number of hydrogen-bond acceptors (Lipinski definition) is 5. The number of nitrogens with zero attached hydrogens (tertiary/aromatic N) is 1. The molecule has 0 bridgehead atoms. The number of anilines is 2. The first-order valence-corrected chi connectivity index (χ1v) is 7.82. The number of nitrogen functional groups attached to an aromatic ring is 1. The number of nitrogens with one attached hydrogen (secondary N) is 1. The molecule has 0 unspecified atom stereocenters. The van der Waals surface area contributed by atoms with Crippen LogP contribution < -0.4 is 11.1 Å². The van der Waals surface area contributed by atoms with Gasteiger partial charge in [-0.25, -0.2) is 0 Å². The van der Waals surface area contributed by atoms with Gasteiger partial charge in [-0.3, -0.25) is 4.79 Å². The number of carbonyl (C=O) groups is 1. The van der Waals surface area contributed by atoms with Crippen LogP contribution in [0.5, 0.6) is 0 Å². The average Bonchev–Trinajstić information content (AvgIpc) is 2.78. The number of hydrogen-bond donors (Lipinski definition) is 2. The molecule has 1 aromatic rings. The Morgan fingerprint density at radius 1 is 1.37 bits per heavy atom. The minimum Gasteiger partial charge on any atom is -0.397 e. The molecule has 0 spiro atoms. The molecule has 1 rings (SSSR count). The van der Waals surface area contributed by atoms with E-state index in [0.29, 0.717) is 17.0 Å². The molecule has 1 aromatic heterocycles. The maximum absolute atomic E-state index is 11.7. The Balaban J connectivity index is 2.47. The first kappa shape index (κ1) is 16.0. The van der Waals surface area contributed by atoms with Gasteiger partial charge >= 0.3 is 0 Å². The molecule has 0 saturated heterocycles. The van der Waals surface area contributed by atoms with Crippen LogP contribution in [0.1, 0.15) is 43.3 Å². The van der Waals surface area contributed by atoms with E-state index in [4.69, 9.17) is 5.73 Å². The molecular formula is C14H25N3OS. The molecule has 19 heavy (non-hydrogen) atoms. The normalized spacial score (nSPS) is 10.9. The zero-order valence-electron chi connectivity index (χ0n) is 12.2. The second-order valence-corrected chi connectivity index (χ2v) is 5.59. The fourth-order valence-corrected chi connectivity index (χ4v) is 2.97. The van der Waals surface area contributed by atoms with Gasteiger partial charge in [-0.1, -0.05) is 20.8 Å². The van der Waals surface area contributed by atoms with E-state index in [1.54, 1.807) is 0 Å². The van der Waals surface area contributed by atoms with Crippen molar-refractivity contribution in [3.63, 3.8) is 0 Å². The zero-order valence-corrected chi connectivity index (χ0v) is 13.0. The van der Waals surface area contributed by atoms with Gasteiger partial charge in [-0.2, -0.15) is 0 Å². The lowest BCUT2D eigenvalue weighted by Gasteiger charge is -2.19. The average molecular weight is 283 g/mol. The SMILES string of the molecule is CCCN(CC)CCNc1cc(N)c(C(=O)CC)s1. The molecular weight excluding hydrogens is 258 g/mol. The van der Waals surface area contributed by atoms with E-state index >= 15 is 0 Å². The van der Waals surface area contributed by atoms with Crippen LogP contribution in [0.2, 0.25) is 0 Å². The predicted molar refractivity (Wildman–Crippen MR) is 84.2 cm³/mol. The van der Waals surface area contributed by atoms with Crippen LogP contribution in [0, 0.1) is 0 Å². The van der Waals surface area contributed by atoms with Crippen molar-refractivity contribution < 1.29 is 4.79 Å². The Morgan fingerprint density at radius 2 is 2.11 bits per heavy atom. The van der Waals surface area contributed by atoms with Crippen molar-refractivity contribution in [3.8, 4) is 0 Å². The standard InChI is InChI=1S/C14H25N3OS/c1-4-8-17(6-3)9-7-16-13-10-11(15)14(19-13)12(18)5-2/h10,16H,4-9,15H2,1-3H3. The van der Waals surface area contributed by atoms with Crippen LogP contribution in [-0.4, -0.2) is 36.9 Å². The van der Waals surface area contributed by atoms with Crippen molar-refractivity contribution in [2.45, 2.75) is 33.6 Å². The van der Waals surface area contributed by atoms with E-state index in [2.05, 4.69) is 24.1 Å². The topological polar surface area (TPSA) is 58.4 Å². The quantitative estimate of drug-likeness (QED) is 0.684. The second kappa shape index (κ2) is 8.17. The van der Waals surface area contributed by atoms with Crippen LogP contribution in [-0.2, 0) is 0 Å². The zero-order chi connectivity index (χ0) is 14.3. The van der Waals surface area contributed by atoms with Gasteiger partial charge in [-0.05, 0) is 25.6 Å². The molecule has 108 valence electrons. The first-order valence-electron chi connectivity index (χ1n) is 7.01. The van der Waals surface area contributed by atoms with Gasteiger partial charge < -0.3 is 16.0 Å². The predicted octanol–water partition coefficient (Wildman–Crippen LogP) is 3.07. The maximum atomic E-state index is 11.7. The monoisotopic (exact) mass is 283 g/mol. The largest absolute Gasteiger partial charge is 0.397 e. The van der Waals surface area contributed by atoms with E-state index < -0.39 is 0 Å². The third kappa shape index (κ3) is 4.84. The molecule has 0 aliphatic rings. The summed E-state index contributed by atoms with van der Waals surface area (Å²) in [5, 5.41) is 4.34. The molecule has 4 nitrogen and oxygen atoms in total. The highest BCUT2D eigenvalue weighted by Gasteiger charge is 2.12. The minimum atomic E-state index is 0.122. The summed E-state index contributed by atoms with van der Waals surface area (Å²) in [4.78, 5) is 14.7. The summed E-state index contributed by atoms with van der Waals surface area (Å²) >= 11 is 1.46. The number of Topliss-reactive ketones (excluding diaryl/α,β-unsaturated/α-hetero) is 1. The van der Waals surface area contributed by atoms with Crippen molar-refractivity contribution in [1.29, 1.82) is 0 Å². The summed E-state index contributed by atoms with van der Waals surface area (Å²) in [5.74, 6) is 0.122. The Morgan fingerprint density at radius 3 is 2.68 bits per heavy atom. The van der Waals surface area contributed by atoms with E-state index in [9.17, 15) is 4.79 Å². The lowest BCUT2D eigenvalue weighted by atomic mass is 10.2. The van der Waals surface area contributed by atoms with Gasteiger partial charge in [-0.15, -0.1) is 11.3 Å². The van der Waals surface area contributed by atoms with Crippen molar-refractivity contribution in [3.05, 3.63) is 10.9 Å². The molecule has 0 amide bonds. The van der Waals surface area contributed by atoms with E-state index in [1.807, 2.05) is 13.0 Å². The molecule has 0 fully saturated rings. The second-order valence-electron chi connectivity index (χ2n) is 4.53. The summed E-state index contributed by atoms with van der Waals surface area (Å²) in [7, 11) is 0. The number of ketones is 1. The van der Waals surface area contributed by atoms with Gasteiger partial charge in [0.15, 0.2) is 5.78 Å². The Bertz CT molecular complexity index is 403. The van der Waals surface area contributed by atoms with E-state index in [0.717, 1.165) is 31.2 Å². The first-order chi connectivity index (χ1) is 9.12. The summed E-state index contributed by atoms with van der Waals surface area (Å²) in [6.07, 6.45) is 1.68. The number of carbonyl (C=O) groups excluding carboxylic acids is 1. The van der Waals surface area contributed by atoms with Crippen LogP contribution >= 0.6 is 11.3 Å². The van der Waals surface area contributed by atoms with Crippen LogP contribution in [0.4, 0.5) is 10.7 Å². The van der Waals surface area contributed by atoms with Crippen LogP contribution in [0.15, 0.2) is 6.07 Å². The Labute approximate surface area is 120 Å². The van der Waals surface area contributed by atoms with Gasteiger partial charge in [0.2, 0.25) is 0 Å². The third-order valence-electron chi connectivity index (χ3n) is 3.05. The lowest BCUT2D eigenvalue weighted by Crippen LogP contribution is -2.29. The van der Waals surface area contributed by atoms with Gasteiger partial charge in [0, 0.05) is 19.5 Å². The van der Waals surface area contributed by atoms with E-state index in [-0.39, 0.29) is 5.78 Å². The fraction of sp³-hybridized carbons (Fsp3) is 0.643. The van der Waals surface area contributed by atoms with Gasteiger partial charge in [0.1, 0.15) is 0 Å². The molecule has 0 radical (unpaired) electrons. The Hall–Kier alpha value is -1.07. The highest BCUT2D eigenvalue weighted by molar-refractivity contribution is 7.18. The molecule has 0 aliphatic heterocycles. The number of rotatable bonds is 9. The molecule has 5 heteroatoms. The Kier molecular flexibility index (Phi) is 6.87. The number of nitrogens with two attached hydrogens (primary N) is 1. The summed E-state index contributed by atoms with van der Waals surface area (Å²) in [5.41, 5.74) is 6.46. The summed E-state index contributed by atoms with van der Waals surface area (Å²) < 4.78 is 0. The number of thiophene rings is 1. The molecule has 3 N–H and O–H groups in total. The maximum Gasteiger partial charge on any atom is 0.174 e. The van der Waals surface area contributed by atoms with Gasteiger partial charge in [0.25, 0.3) is 0 Å². The highest BCUT2D eigenvalue weighted by atomic mass is 32.1. The summed E-state index contributed by atoms with van der Waals surface area (Å²) in [6.45, 7) is 10.3. The van der Waals surface area contributed by atoms with Gasteiger partial charge in [0.05, 0.1) is 15.6 Å². The third-order valence-corrected chi connectivity index (χ3v) is 4.20. The molecule has 0 aliphatic carbocycles. The van der Waals surface area contributed by atoms with Crippen LogP contribution in [0.25, 0.3) is 0 Å². The van der Waals surface area contributed by atoms with Crippen molar-refractivity contribution in [1.82, 2.24) is 4.90 Å². The molecule has 0 aromatic carbocycles. The van der Waals surface area contributed by atoms with E-state index in [1.165, 1.54) is 17.8 Å². The number of likely N-dealkylation sites (N-methyl/N-ethyl adjacent to an activating group) is 1. The van der Waals surface area contributed by atoms with Crippen molar-refractivity contribution in [2.24, 2.45) is 0 Å². The molecule has 1 heterocycles. The van der Waals surface area contributed by atoms with Crippen molar-refractivity contribution >= 4 is 27.8 Å². The molecule has 0 saturated carbocycles. The summed E-state index contributed by atoms with van der Waals surface area (Å²) in [6, 6.07) is 1.86. The molecule has 0 atom stereocenters. The lowest BCUT2D eigenvalue weighted by molar-refractivity contribution is 0.0993. The smallest absolute Gasteiger partial charge is 0.174 e. The fourth-order valence-electron chi connectivity index (χ4n) is 1.95. The minimum absolute atomic E-state index is 0.122. The van der Waals surface area contributed by atoms with Crippen molar-refractivity contribution in [2.75, 3.05) is 37.2 Å². The van der Waals surface area contributed by atoms with Crippen LogP contribution in [0.3, 0.4) is 0 Å². The highest BCUT2D eigenvalue weighted by Crippen LogP contribution is 2.29.